The smallest absolute Gasteiger partial charge is 0.302 e. The molecule has 0 aliphatic heterocycles. The fourth-order valence-corrected chi connectivity index (χ4v) is 1.14. The molecule has 0 heterocycles. The average Bonchev–Trinajstić information content (AvgIpc) is 2.25. The van der Waals surface area contributed by atoms with E-state index in [4.69, 9.17) is 4.74 Å². The molecule has 0 aliphatic rings. The number of ether oxygens (including phenoxy) is 1. The Morgan fingerprint density at radius 2 is 1.44 bits per heavy atom. The van der Waals surface area contributed by atoms with Crippen LogP contribution in [-0.2, 0) is 9.53 Å². The summed E-state index contributed by atoms with van der Waals surface area (Å²) in [7, 11) is 0. The Hall–Kier alpha value is -1.31. The van der Waals surface area contributed by atoms with Crippen LogP contribution in [0.5, 0.6) is 0 Å². The van der Waals surface area contributed by atoms with Gasteiger partial charge in [-0.25, -0.2) is 0 Å². The summed E-state index contributed by atoms with van der Waals surface area (Å²) in [5.74, 6) is -0.228. The Bertz CT molecular complexity index is 249. The van der Waals surface area contributed by atoms with Crippen molar-refractivity contribution < 1.29 is 9.53 Å². The fourth-order valence-electron chi connectivity index (χ4n) is 1.14. The number of rotatable bonds is 8. The van der Waals surface area contributed by atoms with Crippen LogP contribution in [0.1, 0.15) is 39.5 Å². The van der Waals surface area contributed by atoms with Gasteiger partial charge in [-0.15, -0.1) is 0 Å². The lowest BCUT2D eigenvalue weighted by Crippen LogP contribution is -1.97. The first-order chi connectivity index (χ1) is 7.77. The molecule has 2 heteroatoms. The van der Waals surface area contributed by atoms with Crippen LogP contribution in [0.4, 0.5) is 0 Å². The number of allylic oxidation sites excluding steroid dienone is 5. The molecule has 0 aromatic heterocycles. The monoisotopic (exact) mass is 222 g/mol. The molecule has 0 rings (SSSR count). The number of carbonyl (C=O) groups excluding carboxylic acids is 1. The second kappa shape index (κ2) is 11.8. The number of unbranched alkanes of at least 4 members (excludes halogenated alkanes) is 2. The van der Waals surface area contributed by atoms with Gasteiger partial charge < -0.3 is 4.74 Å². The SMILES string of the molecule is C/C=C/CC/C=C/CC/C=C/COC(C)=O. The summed E-state index contributed by atoms with van der Waals surface area (Å²) in [6.07, 6.45) is 16.9. The third-order valence-corrected chi connectivity index (χ3v) is 1.95. The van der Waals surface area contributed by atoms with Crippen LogP contribution >= 0.6 is 0 Å². The average molecular weight is 222 g/mol. The largest absolute Gasteiger partial charge is 0.462 e. The van der Waals surface area contributed by atoms with Crippen molar-refractivity contribution in [2.24, 2.45) is 0 Å². The summed E-state index contributed by atoms with van der Waals surface area (Å²) < 4.78 is 4.76. The van der Waals surface area contributed by atoms with Gasteiger partial charge in [-0.2, -0.15) is 0 Å². The molecular weight excluding hydrogens is 200 g/mol. The van der Waals surface area contributed by atoms with E-state index in [9.17, 15) is 4.79 Å². The topological polar surface area (TPSA) is 26.3 Å². The molecule has 0 aliphatic carbocycles. The third kappa shape index (κ3) is 12.7. The van der Waals surface area contributed by atoms with E-state index in [1.54, 1.807) is 0 Å². The molecular formula is C14H22O2. The molecule has 0 N–H and O–H groups in total. The van der Waals surface area contributed by atoms with E-state index in [1.165, 1.54) is 6.92 Å². The number of hydrogen-bond acceptors (Lipinski definition) is 2. The Morgan fingerprint density at radius 3 is 1.94 bits per heavy atom. The van der Waals surface area contributed by atoms with Crippen LogP contribution in [-0.4, -0.2) is 12.6 Å². The second-order valence-corrected chi connectivity index (χ2v) is 3.47. The minimum Gasteiger partial charge on any atom is -0.462 e. The summed E-state index contributed by atoms with van der Waals surface area (Å²) in [6, 6.07) is 0. The molecule has 0 fully saturated rings. The predicted molar refractivity (Wildman–Crippen MR) is 68.2 cm³/mol. The lowest BCUT2D eigenvalue weighted by atomic mass is 10.2. The van der Waals surface area contributed by atoms with E-state index >= 15 is 0 Å². The Morgan fingerprint density at radius 1 is 0.938 bits per heavy atom. The maximum atomic E-state index is 10.4. The van der Waals surface area contributed by atoms with Gasteiger partial charge in [-0.05, 0) is 32.6 Å². The Labute approximate surface area is 98.7 Å². The number of esters is 1. The lowest BCUT2D eigenvalue weighted by molar-refractivity contribution is -0.139. The first kappa shape index (κ1) is 14.7. The molecule has 0 atom stereocenters. The summed E-state index contributed by atoms with van der Waals surface area (Å²) in [5.41, 5.74) is 0. The van der Waals surface area contributed by atoms with Gasteiger partial charge in [0.05, 0.1) is 0 Å². The lowest BCUT2D eigenvalue weighted by Gasteiger charge is -1.94. The van der Waals surface area contributed by atoms with Crippen molar-refractivity contribution in [3.8, 4) is 0 Å². The normalized spacial score (nSPS) is 11.9. The van der Waals surface area contributed by atoms with Crippen molar-refractivity contribution in [1.29, 1.82) is 0 Å². The highest BCUT2D eigenvalue weighted by Crippen LogP contribution is 1.97. The van der Waals surface area contributed by atoms with Crippen molar-refractivity contribution in [2.75, 3.05) is 6.61 Å². The van der Waals surface area contributed by atoms with Gasteiger partial charge in [0.1, 0.15) is 6.61 Å². The first-order valence-corrected chi connectivity index (χ1v) is 5.82. The molecule has 2 nitrogen and oxygen atoms in total. The van der Waals surface area contributed by atoms with Crippen molar-refractivity contribution in [2.45, 2.75) is 39.5 Å². The van der Waals surface area contributed by atoms with Crippen molar-refractivity contribution >= 4 is 5.97 Å². The molecule has 0 radical (unpaired) electrons. The fraction of sp³-hybridized carbons (Fsp3) is 0.500. The van der Waals surface area contributed by atoms with E-state index in [0.29, 0.717) is 6.61 Å². The molecule has 0 saturated heterocycles. The summed E-state index contributed by atoms with van der Waals surface area (Å²) in [6.45, 7) is 3.85. The van der Waals surface area contributed by atoms with Gasteiger partial charge in [-0.1, -0.05) is 36.5 Å². The van der Waals surface area contributed by atoms with E-state index < -0.39 is 0 Å². The van der Waals surface area contributed by atoms with Crippen LogP contribution in [0.3, 0.4) is 0 Å². The second-order valence-electron chi connectivity index (χ2n) is 3.47. The summed E-state index contributed by atoms with van der Waals surface area (Å²) >= 11 is 0. The van der Waals surface area contributed by atoms with Gasteiger partial charge in [0.2, 0.25) is 0 Å². The van der Waals surface area contributed by atoms with Gasteiger partial charge in [0, 0.05) is 6.92 Å². The predicted octanol–water partition coefficient (Wildman–Crippen LogP) is 3.80. The van der Waals surface area contributed by atoms with E-state index in [1.807, 2.05) is 19.1 Å². The number of hydrogen-bond donors (Lipinski definition) is 0. The molecule has 0 spiro atoms. The highest BCUT2D eigenvalue weighted by molar-refractivity contribution is 5.65. The van der Waals surface area contributed by atoms with Gasteiger partial charge in [0.25, 0.3) is 0 Å². The molecule has 0 aromatic carbocycles. The maximum absolute atomic E-state index is 10.4. The zero-order valence-corrected chi connectivity index (χ0v) is 10.3. The van der Waals surface area contributed by atoms with Gasteiger partial charge >= 0.3 is 5.97 Å². The van der Waals surface area contributed by atoms with Crippen LogP contribution in [0.15, 0.2) is 36.5 Å². The summed E-state index contributed by atoms with van der Waals surface area (Å²) in [4.78, 5) is 10.4. The Kier molecular flexibility index (Phi) is 10.8. The van der Waals surface area contributed by atoms with E-state index in [0.717, 1.165) is 25.7 Å². The maximum Gasteiger partial charge on any atom is 0.302 e. The van der Waals surface area contributed by atoms with E-state index in [2.05, 4.69) is 24.3 Å². The zero-order valence-electron chi connectivity index (χ0n) is 10.3. The quantitative estimate of drug-likeness (QED) is 0.355. The van der Waals surface area contributed by atoms with Crippen molar-refractivity contribution in [1.82, 2.24) is 0 Å². The number of carbonyl (C=O) groups is 1. The van der Waals surface area contributed by atoms with Gasteiger partial charge in [0.15, 0.2) is 0 Å². The molecule has 0 bridgehead atoms. The highest BCUT2D eigenvalue weighted by atomic mass is 16.5. The first-order valence-electron chi connectivity index (χ1n) is 5.82. The third-order valence-electron chi connectivity index (χ3n) is 1.95. The minimum atomic E-state index is -0.228. The van der Waals surface area contributed by atoms with Crippen LogP contribution < -0.4 is 0 Å². The van der Waals surface area contributed by atoms with Gasteiger partial charge in [-0.3, -0.25) is 4.79 Å². The van der Waals surface area contributed by atoms with Crippen molar-refractivity contribution in [3.63, 3.8) is 0 Å². The van der Waals surface area contributed by atoms with Crippen molar-refractivity contribution in [3.05, 3.63) is 36.5 Å². The van der Waals surface area contributed by atoms with E-state index in [-0.39, 0.29) is 5.97 Å². The zero-order chi connectivity index (χ0) is 12.1. The van der Waals surface area contributed by atoms with Crippen LogP contribution in [0.25, 0.3) is 0 Å². The standard InChI is InChI=1S/C14H22O2/c1-3-4-5-6-7-8-9-10-11-12-13-16-14(2)15/h3-4,7-8,11-12H,5-6,9-10,13H2,1-2H3/b4-3+,8-7+,12-11+. The highest BCUT2D eigenvalue weighted by Gasteiger charge is 1.86. The molecule has 16 heavy (non-hydrogen) atoms. The molecule has 90 valence electrons. The minimum absolute atomic E-state index is 0.228. The summed E-state index contributed by atoms with van der Waals surface area (Å²) in [5, 5.41) is 0. The van der Waals surface area contributed by atoms with Crippen LogP contribution in [0, 0.1) is 0 Å². The Balaban J connectivity index is 3.28. The van der Waals surface area contributed by atoms with Crippen LogP contribution in [0.2, 0.25) is 0 Å². The molecule has 0 amide bonds. The molecule has 0 aromatic rings. The molecule has 0 saturated carbocycles. The molecule has 0 unspecified atom stereocenters.